The fourth-order valence-corrected chi connectivity index (χ4v) is 5.58. The molecule has 1 aliphatic carbocycles. The Labute approximate surface area is 192 Å². The number of H-pyrrole nitrogens is 1. The van der Waals surface area contributed by atoms with E-state index in [4.69, 9.17) is 0 Å². The topological polar surface area (TPSA) is 79.7 Å². The number of rotatable bonds is 4. The number of nitrogens with one attached hydrogen (secondary N) is 1. The van der Waals surface area contributed by atoms with Gasteiger partial charge in [0.05, 0.1) is 6.04 Å². The number of aromatic amines is 1. The smallest absolute Gasteiger partial charge is 0.254 e. The summed E-state index contributed by atoms with van der Waals surface area (Å²) in [4.78, 5) is 18.9. The number of hydrogen-bond donors (Lipinski definition) is 1. The van der Waals surface area contributed by atoms with E-state index in [0.29, 0.717) is 5.56 Å². The Balaban J connectivity index is 1.54. The van der Waals surface area contributed by atoms with Crippen molar-refractivity contribution in [3.63, 3.8) is 0 Å². The number of aryl methyl sites for hydroxylation is 1. The van der Waals surface area contributed by atoms with Gasteiger partial charge in [0.15, 0.2) is 5.82 Å². The molecule has 0 saturated heterocycles. The zero-order valence-electron chi connectivity index (χ0n) is 18.9. The van der Waals surface area contributed by atoms with E-state index in [-0.39, 0.29) is 17.6 Å². The number of benzene rings is 2. The zero-order chi connectivity index (χ0) is 22.4. The number of hydrogen-bond acceptors (Lipinski definition) is 5. The van der Waals surface area contributed by atoms with Gasteiger partial charge in [0.1, 0.15) is 6.04 Å². The van der Waals surface area contributed by atoms with Gasteiger partial charge < -0.3 is 9.88 Å². The molecule has 1 aliphatic heterocycles. The molecule has 0 spiro atoms. The molecule has 0 radical (unpaired) electrons. The van der Waals surface area contributed by atoms with Crippen molar-refractivity contribution in [1.82, 2.24) is 25.2 Å². The molecular formula is C26H28N6O. The van der Waals surface area contributed by atoms with Gasteiger partial charge >= 0.3 is 0 Å². The van der Waals surface area contributed by atoms with Crippen LogP contribution in [0.5, 0.6) is 0 Å². The predicted molar refractivity (Wildman–Crippen MR) is 129 cm³/mol. The number of tetrazole rings is 1. The Hall–Kier alpha value is -3.48. The molecule has 3 heterocycles. The van der Waals surface area contributed by atoms with Crippen LogP contribution in [0.25, 0.3) is 10.9 Å². The molecule has 7 heteroatoms. The number of para-hydroxylation sites is 1. The molecule has 1 atom stereocenters. The van der Waals surface area contributed by atoms with Crippen molar-refractivity contribution in [2.24, 2.45) is 0 Å². The molecule has 0 amide bonds. The second kappa shape index (κ2) is 8.14. The van der Waals surface area contributed by atoms with E-state index in [9.17, 15) is 4.79 Å². The molecule has 1 N–H and O–H groups in total. The van der Waals surface area contributed by atoms with E-state index in [1.807, 2.05) is 23.7 Å². The van der Waals surface area contributed by atoms with Crippen molar-refractivity contribution < 1.29 is 0 Å². The van der Waals surface area contributed by atoms with E-state index in [2.05, 4.69) is 61.8 Å². The summed E-state index contributed by atoms with van der Waals surface area (Å²) >= 11 is 0. The van der Waals surface area contributed by atoms with Gasteiger partial charge in [-0.15, -0.1) is 5.10 Å². The summed E-state index contributed by atoms with van der Waals surface area (Å²) in [6, 6.07) is 16.6. The highest BCUT2D eigenvalue weighted by atomic mass is 16.1. The summed E-state index contributed by atoms with van der Waals surface area (Å²) in [7, 11) is 0. The van der Waals surface area contributed by atoms with Crippen molar-refractivity contribution in [2.45, 2.75) is 57.5 Å². The van der Waals surface area contributed by atoms with E-state index in [1.165, 1.54) is 24.8 Å². The molecule has 2 aliphatic rings. The fourth-order valence-electron chi connectivity index (χ4n) is 5.58. The van der Waals surface area contributed by atoms with Gasteiger partial charge in [-0.05, 0) is 71.3 Å². The van der Waals surface area contributed by atoms with Crippen molar-refractivity contribution in [3.05, 3.63) is 81.4 Å². The first-order valence-corrected chi connectivity index (χ1v) is 11.9. The number of nitrogens with zero attached hydrogens (tertiary/aromatic N) is 5. The van der Waals surface area contributed by atoms with Crippen molar-refractivity contribution in [1.29, 1.82) is 0 Å². The molecular weight excluding hydrogens is 412 g/mol. The molecule has 1 fully saturated rings. The van der Waals surface area contributed by atoms with Crippen molar-refractivity contribution in [3.8, 4) is 0 Å². The van der Waals surface area contributed by atoms with Crippen LogP contribution in [0.2, 0.25) is 0 Å². The lowest BCUT2D eigenvalue weighted by atomic mass is 9.95. The molecule has 33 heavy (non-hydrogen) atoms. The molecule has 1 saturated carbocycles. The molecule has 168 valence electrons. The average Bonchev–Trinajstić information content (AvgIpc) is 3.48. The van der Waals surface area contributed by atoms with Crippen molar-refractivity contribution >= 4 is 16.6 Å². The Morgan fingerprint density at radius 1 is 1.06 bits per heavy atom. The summed E-state index contributed by atoms with van der Waals surface area (Å²) < 4.78 is 2.00. The minimum atomic E-state index is -0.347. The van der Waals surface area contributed by atoms with Gasteiger partial charge in [0, 0.05) is 23.3 Å². The first kappa shape index (κ1) is 20.1. The quantitative estimate of drug-likeness (QED) is 0.506. The lowest BCUT2D eigenvalue weighted by Crippen LogP contribution is -2.35. The summed E-state index contributed by atoms with van der Waals surface area (Å²) in [6.45, 7) is 2.86. The zero-order valence-corrected chi connectivity index (χ0v) is 18.9. The summed E-state index contributed by atoms with van der Waals surface area (Å²) in [5.41, 5.74) is 5.04. The third-order valence-corrected chi connectivity index (χ3v) is 7.24. The highest BCUT2D eigenvalue weighted by Gasteiger charge is 2.35. The van der Waals surface area contributed by atoms with Crippen LogP contribution in [0.4, 0.5) is 5.69 Å². The van der Waals surface area contributed by atoms with E-state index >= 15 is 0 Å². The number of aromatic nitrogens is 5. The van der Waals surface area contributed by atoms with Crippen LogP contribution in [0.15, 0.2) is 53.3 Å². The molecule has 7 nitrogen and oxygen atoms in total. The third-order valence-electron chi connectivity index (χ3n) is 7.24. The number of fused-ring (bicyclic) bond motifs is 2. The van der Waals surface area contributed by atoms with E-state index < -0.39 is 0 Å². The average molecular weight is 441 g/mol. The fraction of sp³-hybridized carbons (Fsp3) is 0.385. The van der Waals surface area contributed by atoms with Crippen LogP contribution in [0, 0.1) is 6.92 Å². The highest BCUT2D eigenvalue weighted by Crippen LogP contribution is 2.39. The molecule has 0 bridgehead atoms. The second-order valence-corrected chi connectivity index (χ2v) is 9.39. The second-order valence-electron chi connectivity index (χ2n) is 9.39. The highest BCUT2D eigenvalue weighted by molar-refractivity contribution is 5.80. The van der Waals surface area contributed by atoms with Crippen LogP contribution in [0.3, 0.4) is 0 Å². The molecule has 0 unspecified atom stereocenters. The third kappa shape index (κ3) is 3.52. The first-order chi connectivity index (χ1) is 16.2. The Morgan fingerprint density at radius 2 is 1.91 bits per heavy atom. The van der Waals surface area contributed by atoms with Gasteiger partial charge in [-0.3, -0.25) is 4.79 Å². The van der Waals surface area contributed by atoms with Gasteiger partial charge in [0.25, 0.3) is 5.56 Å². The number of pyridine rings is 1. The maximum Gasteiger partial charge on any atom is 0.254 e. The normalized spacial score (nSPS) is 17.4. The lowest BCUT2D eigenvalue weighted by Gasteiger charge is -2.31. The lowest BCUT2D eigenvalue weighted by molar-refractivity contribution is 0.313. The molecule has 2 aromatic carbocycles. The largest absolute Gasteiger partial charge is 0.357 e. The molecule has 4 aromatic rings. The van der Waals surface area contributed by atoms with Crippen LogP contribution in [-0.2, 0) is 6.42 Å². The molecule has 6 rings (SSSR count). The monoisotopic (exact) mass is 440 g/mol. The maximum absolute atomic E-state index is 13.5. The van der Waals surface area contributed by atoms with E-state index in [0.717, 1.165) is 53.8 Å². The SMILES string of the molecule is Cc1ccc2cc([C@H](c3nnnn3C3CCCCC3)N3CCc4ccccc43)c(=O)[nH]c2c1. The minimum absolute atomic E-state index is 0.0827. The maximum atomic E-state index is 13.5. The van der Waals surface area contributed by atoms with Crippen LogP contribution >= 0.6 is 0 Å². The summed E-state index contributed by atoms with van der Waals surface area (Å²) in [5.74, 6) is 0.760. The van der Waals surface area contributed by atoms with Gasteiger partial charge in [0.2, 0.25) is 0 Å². The first-order valence-electron chi connectivity index (χ1n) is 11.9. The van der Waals surface area contributed by atoms with E-state index in [1.54, 1.807) is 0 Å². The Kier molecular flexibility index (Phi) is 4.97. The predicted octanol–water partition coefficient (Wildman–Crippen LogP) is 4.48. The molecule has 2 aromatic heterocycles. The summed E-state index contributed by atoms with van der Waals surface area (Å²) in [5, 5.41) is 14.1. The van der Waals surface area contributed by atoms with Crippen LogP contribution < -0.4 is 10.5 Å². The van der Waals surface area contributed by atoms with Gasteiger partial charge in [-0.25, -0.2) is 4.68 Å². The van der Waals surface area contributed by atoms with Gasteiger partial charge in [-0.1, -0.05) is 49.6 Å². The van der Waals surface area contributed by atoms with Crippen LogP contribution in [0.1, 0.15) is 66.7 Å². The minimum Gasteiger partial charge on any atom is -0.357 e. The Morgan fingerprint density at radius 3 is 2.79 bits per heavy atom. The van der Waals surface area contributed by atoms with Crippen LogP contribution in [-0.4, -0.2) is 31.7 Å². The van der Waals surface area contributed by atoms with Gasteiger partial charge in [-0.2, -0.15) is 0 Å². The summed E-state index contributed by atoms with van der Waals surface area (Å²) in [6.07, 6.45) is 6.75. The standard InChI is InChI=1S/C26H28N6O/c1-17-11-12-19-16-21(26(33)27-22(19)15-17)24(31-14-13-18-7-5-6-10-23(18)31)25-28-29-30-32(25)20-8-3-2-4-9-20/h5-7,10-12,15-16,20,24H,2-4,8-9,13-14H2,1H3,(H,27,33)/t24-/m1/s1. The van der Waals surface area contributed by atoms with Crippen molar-refractivity contribution in [2.75, 3.05) is 11.4 Å². The Bertz CT molecular complexity index is 1370. The number of anilines is 1.